The molecule has 0 amide bonds. The third-order valence-corrected chi connectivity index (χ3v) is 5.42. The van der Waals surface area contributed by atoms with Crippen molar-refractivity contribution in [2.24, 2.45) is 0 Å². The van der Waals surface area contributed by atoms with Crippen LogP contribution < -0.4 is 15.2 Å². The summed E-state index contributed by atoms with van der Waals surface area (Å²) in [5, 5.41) is 0. The van der Waals surface area contributed by atoms with Gasteiger partial charge in [0.05, 0.1) is 17.0 Å². The number of carbonyl (C=O) groups is 1. The fourth-order valence-corrected chi connectivity index (χ4v) is 3.77. The first-order valence-electron chi connectivity index (χ1n) is 9.16. The van der Waals surface area contributed by atoms with Crippen LogP contribution in [-0.4, -0.2) is 31.9 Å². The molecule has 1 N–H and O–H groups in total. The van der Waals surface area contributed by atoms with Gasteiger partial charge in [-0.3, -0.25) is 14.1 Å². The van der Waals surface area contributed by atoms with Crippen molar-refractivity contribution in [3.63, 3.8) is 0 Å². The van der Waals surface area contributed by atoms with Gasteiger partial charge in [-0.1, -0.05) is 6.92 Å². The van der Waals surface area contributed by atoms with Gasteiger partial charge in [-0.25, -0.2) is 13.2 Å². The lowest BCUT2D eigenvalue weighted by molar-refractivity contribution is -0.274. The van der Waals surface area contributed by atoms with Crippen LogP contribution in [0.4, 0.5) is 18.9 Å². The van der Waals surface area contributed by atoms with Gasteiger partial charge in [-0.05, 0) is 42.8 Å². The van der Waals surface area contributed by atoms with Gasteiger partial charge in [0.2, 0.25) is 0 Å². The highest BCUT2D eigenvalue weighted by atomic mass is 32.2. The number of alkyl halides is 3. The number of esters is 1. The van der Waals surface area contributed by atoms with Crippen LogP contribution in [0.15, 0.2) is 56.6 Å². The zero-order chi connectivity index (χ0) is 23.5. The third-order valence-electron chi connectivity index (χ3n) is 4.04. The summed E-state index contributed by atoms with van der Waals surface area (Å²) in [6, 6.07) is 7.66. The molecule has 0 aliphatic carbocycles. The van der Waals surface area contributed by atoms with Gasteiger partial charge in [-0.2, -0.15) is 0 Å². The smallest absolute Gasteiger partial charge is 0.464 e. The fraction of sp³-hybridized carbons (Fsp3) is 0.263. The molecule has 172 valence electrons. The van der Waals surface area contributed by atoms with Crippen molar-refractivity contribution in [3.8, 4) is 5.75 Å². The molecule has 0 saturated heterocycles. The maximum atomic E-state index is 12.6. The van der Waals surface area contributed by atoms with Crippen molar-refractivity contribution in [1.29, 1.82) is 0 Å². The average molecular weight is 474 g/mol. The van der Waals surface area contributed by atoms with E-state index in [4.69, 9.17) is 9.15 Å². The van der Waals surface area contributed by atoms with Crippen LogP contribution in [0.3, 0.4) is 0 Å². The maximum absolute atomic E-state index is 12.6. The molecule has 0 saturated carbocycles. The number of halogens is 3. The summed E-state index contributed by atoms with van der Waals surface area (Å²) in [6.45, 7) is 1.61. The molecule has 0 fully saturated rings. The molecule has 3 rings (SSSR count). The molecule has 0 aliphatic heterocycles. The second-order valence-corrected chi connectivity index (χ2v) is 8.16. The Morgan fingerprint density at radius 2 is 1.84 bits per heavy atom. The summed E-state index contributed by atoms with van der Waals surface area (Å²) in [7, 11) is -4.17. The first-order chi connectivity index (χ1) is 15.0. The van der Waals surface area contributed by atoms with Gasteiger partial charge >= 0.3 is 18.1 Å². The van der Waals surface area contributed by atoms with Gasteiger partial charge in [0.15, 0.2) is 5.58 Å². The third kappa shape index (κ3) is 5.60. The van der Waals surface area contributed by atoms with Crippen molar-refractivity contribution in [1.82, 2.24) is 4.57 Å². The van der Waals surface area contributed by atoms with Crippen LogP contribution in [0.1, 0.15) is 13.3 Å². The van der Waals surface area contributed by atoms with Crippen LogP contribution in [-0.2, 0) is 26.1 Å². The molecule has 32 heavy (non-hydrogen) atoms. The van der Waals surface area contributed by atoms with E-state index in [1.165, 1.54) is 12.1 Å². The molecule has 0 spiro atoms. The molecular weight excluding hydrogens is 457 g/mol. The van der Waals surface area contributed by atoms with Crippen LogP contribution >= 0.6 is 0 Å². The summed E-state index contributed by atoms with van der Waals surface area (Å²) >= 11 is 0. The van der Waals surface area contributed by atoms with Crippen LogP contribution in [0.25, 0.3) is 11.1 Å². The second kappa shape index (κ2) is 8.94. The van der Waals surface area contributed by atoms with Crippen molar-refractivity contribution >= 4 is 32.8 Å². The van der Waals surface area contributed by atoms with E-state index in [1.54, 1.807) is 0 Å². The van der Waals surface area contributed by atoms with E-state index in [9.17, 15) is 31.2 Å². The van der Waals surface area contributed by atoms with E-state index < -0.39 is 40.4 Å². The number of hydrogen-bond donors (Lipinski definition) is 1. The Morgan fingerprint density at radius 1 is 1.16 bits per heavy atom. The number of fused-ring (bicyclic) bond motifs is 1. The van der Waals surface area contributed by atoms with E-state index >= 15 is 0 Å². The summed E-state index contributed by atoms with van der Waals surface area (Å²) in [6.07, 6.45) is -4.26. The summed E-state index contributed by atoms with van der Waals surface area (Å²) < 4.78 is 78.8. The summed E-state index contributed by atoms with van der Waals surface area (Å²) in [5.41, 5.74) is 0.100. The van der Waals surface area contributed by atoms with Crippen molar-refractivity contribution in [2.45, 2.75) is 31.1 Å². The van der Waals surface area contributed by atoms with Gasteiger partial charge in [0.1, 0.15) is 12.3 Å². The Labute approximate surface area is 179 Å². The number of benzene rings is 2. The molecule has 13 heteroatoms. The minimum absolute atomic E-state index is 0.0164. The van der Waals surface area contributed by atoms with E-state index in [0.717, 1.165) is 34.9 Å². The number of nitrogens with one attached hydrogen (secondary N) is 1. The summed E-state index contributed by atoms with van der Waals surface area (Å²) in [4.78, 5) is 23.6. The molecule has 0 aliphatic rings. The normalized spacial score (nSPS) is 12.0. The lowest BCUT2D eigenvalue weighted by Gasteiger charge is -2.11. The molecule has 0 unspecified atom stereocenters. The zero-order valence-corrected chi connectivity index (χ0v) is 17.3. The minimum atomic E-state index is -4.87. The molecule has 2 aromatic carbocycles. The lowest BCUT2D eigenvalue weighted by Crippen LogP contribution is -2.21. The quantitative estimate of drug-likeness (QED) is 0.498. The first-order valence-corrected chi connectivity index (χ1v) is 10.6. The Bertz CT molecular complexity index is 1280. The van der Waals surface area contributed by atoms with Crippen molar-refractivity contribution in [2.75, 3.05) is 11.3 Å². The molecule has 0 bridgehead atoms. The number of rotatable bonds is 8. The number of sulfonamides is 1. The van der Waals surface area contributed by atoms with Crippen LogP contribution in [0.5, 0.6) is 5.75 Å². The van der Waals surface area contributed by atoms with Gasteiger partial charge in [-0.15, -0.1) is 13.2 Å². The molecule has 9 nitrogen and oxygen atoms in total. The minimum Gasteiger partial charge on any atom is -0.464 e. The van der Waals surface area contributed by atoms with E-state index in [1.807, 2.05) is 6.92 Å². The lowest BCUT2D eigenvalue weighted by atomic mass is 10.3. The Balaban J connectivity index is 1.81. The predicted octanol–water partition coefficient (Wildman–Crippen LogP) is 3.25. The highest BCUT2D eigenvalue weighted by Crippen LogP contribution is 2.26. The van der Waals surface area contributed by atoms with Gasteiger partial charge in [0.25, 0.3) is 10.0 Å². The predicted molar refractivity (Wildman–Crippen MR) is 106 cm³/mol. The maximum Gasteiger partial charge on any atom is 0.573 e. The Hall–Kier alpha value is -3.48. The van der Waals surface area contributed by atoms with Crippen LogP contribution in [0.2, 0.25) is 0 Å². The molecule has 0 radical (unpaired) electrons. The largest absolute Gasteiger partial charge is 0.573 e. The average Bonchev–Trinajstić information content (AvgIpc) is 3.01. The van der Waals surface area contributed by atoms with Gasteiger partial charge in [0, 0.05) is 11.8 Å². The highest BCUT2D eigenvalue weighted by Gasteiger charge is 2.31. The first kappa shape index (κ1) is 23.2. The van der Waals surface area contributed by atoms with Crippen LogP contribution in [0, 0.1) is 0 Å². The van der Waals surface area contributed by atoms with Crippen molar-refractivity contribution < 1.29 is 40.3 Å². The van der Waals surface area contributed by atoms with Crippen molar-refractivity contribution in [3.05, 3.63) is 53.0 Å². The van der Waals surface area contributed by atoms with Gasteiger partial charge < -0.3 is 13.9 Å². The van der Waals surface area contributed by atoms with E-state index in [2.05, 4.69) is 9.46 Å². The monoisotopic (exact) mass is 474 g/mol. The second-order valence-electron chi connectivity index (χ2n) is 6.48. The number of hydrogen-bond acceptors (Lipinski definition) is 7. The molecule has 1 heterocycles. The number of nitrogens with zero attached hydrogens (tertiary/aromatic N) is 1. The number of ether oxygens (including phenoxy) is 2. The zero-order valence-electron chi connectivity index (χ0n) is 16.5. The molecule has 1 aromatic heterocycles. The Kier molecular flexibility index (Phi) is 6.48. The Morgan fingerprint density at radius 3 is 2.47 bits per heavy atom. The number of aromatic nitrogens is 1. The molecular formula is C19H17F3N2O7S. The molecule has 0 atom stereocenters. The topological polar surface area (TPSA) is 117 Å². The molecule has 3 aromatic rings. The number of anilines is 1. The number of oxazole rings is 1. The van der Waals surface area contributed by atoms with E-state index in [0.29, 0.717) is 6.42 Å². The number of carbonyl (C=O) groups excluding carboxylic acids is 1. The SMILES string of the molecule is CCCOC(=O)Cn1c(=O)oc2cc(S(=O)(=O)Nc3ccc(OC(F)(F)F)cc3)ccc21. The summed E-state index contributed by atoms with van der Waals surface area (Å²) in [5.74, 6) is -2.02. The van der Waals surface area contributed by atoms with E-state index in [-0.39, 0.29) is 28.3 Å². The highest BCUT2D eigenvalue weighted by molar-refractivity contribution is 7.92. The fourth-order valence-electron chi connectivity index (χ4n) is 2.69. The standard InChI is InChI=1S/C19H17F3N2O7S/c1-2-9-29-17(25)11-24-15-8-7-14(10-16(15)30-18(24)26)32(27,28)23-12-3-5-13(6-4-12)31-19(20,21)22/h3-8,10,23H,2,9,11H2,1H3.